The van der Waals surface area contributed by atoms with E-state index in [4.69, 9.17) is 4.74 Å². The predicted molar refractivity (Wildman–Crippen MR) is 115 cm³/mol. The molecular weight excluding hydrogens is 376 g/mol. The van der Waals surface area contributed by atoms with Gasteiger partial charge in [0.05, 0.1) is 23.8 Å². The van der Waals surface area contributed by atoms with Crippen molar-refractivity contribution in [2.24, 2.45) is 17.3 Å². The van der Waals surface area contributed by atoms with Gasteiger partial charge in [-0.1, -0.05) is 26.8 Å². The molecule has 4 aliphatic rings. The van der Waals surface area contributed by atoms with Crippen LogP contribution in [0.3, 0.4) is 0 Å². The molecule has 1 aromatic heterocycles. The van der Waals surface area contributed by atoms with E-state index in [0.717, 1.165) is 37.8 Å². The zero-order chi connectivity index (χ0) is 21.1. The van der Waals surface area contributed by atoms with E-state index in [9.17, 15) is 4.79 Å². The Morgan fingerprint density at radius 3 is 2.53 bits per heavy atom. The average Bonchev–Trinajstić information content (AvgIpc) is 3.22. The molecule has 6 nitrogen and oxygen atoms in total. The molecule has 1 heterocycles. The van der Waals surface area contributed by atoms with Crippen molar-refractivity contribution in [2.75, 3.05) is 12.4 Å². The number of hydrogen-bond donors (Lipinski definition) is 1. The summed E-state index contributed by atoms with van der Waals surface area (Å²) in [6.45, 7) is 6.55. The van der Waals surface area contributed by atoms with Gasteiger partial charge in [-0.2, -0.15) is 5.10 Å². The molecule has 6 heteroatoms. The van der Waals surface area contributed by atoms with Gasteiger partial charge in [0.15, 0.2) is 0 Å². The zero-order valence-electron chi connectivity index (χ0n) is 18.4. The second kappa shape index (κ2) is 6.56. The van der Waals surface area contributed by atoms with Gasteiger partial charge < -0.3 is 10.1 Å². The summed E-state index contributed by atoms with van der Waals surface area (Å²) in [7, 11) is 1.66. The summed E-state index contributed by atoms with van der Waals surface area (Å²) in [6.07, 6.45) is 9.75. The van der Waals surface area contributed by atoms with E-state index in [1.54, 1.807) is 13.4 Å². The fraction of sp³-hybridized carbons (Fsp3) is 0.625. The lowest BCUT2D eigenvalue weighted by atomic mass is 9.46. The van der Waals surface area contributed by atoms with Gasteiger partial charge in [0.2, 0.25) is 5.91 Å². The molecule has 4 bridgehead atoms. The molecule has 1 aromatic carbocycles. The van der Waals surface area contributed by atoms with Crippen LogP contribution in [0.25, 0.3) is 0 Å². The number of anilines is 1. The van der Waals surface area contributed by atoms with Gasteiger partial charge in [0.1, 0.15) is 18.4 Å². The highest BCUT2D eigenvalue weighted by molar-refractivity contribution is 5.97. The number of hydrogen-bond acceptors (Lipinski definition) is 4. The lowest BCUT2D eigenvalue weighted by Gasteiger charge is -2.60. The number of benzene rings is 1. The van der Waals surface area contributed by atoms with Gasteiger partial charge in [-0.3, -0.25) is 4.79 Å². The minimum absolute atomic E-state index is 0.00356. The second-order valence-corrected chi connectivity index (χ2v) is 10.9. The predicted octanol–water partition coefficient (Wildman–Crippen LogP) is 4.52. The van der Waals surface area contributed by atoms with E-state index in [1.165, 1.54) is 12.0 Å². The minimum atomic E-state index is -0.335. The molecule has 6 rings (SSSR count). The number of nitrogens with zero attached hydrogens (tertiary/aromatic N) is 3. The molecule has 4 aliphatic carbocycles. The second-order valence-electron chi connectivity index (χ2n) is 10.9. The first-order chi connectivity index (χ1) is 14.2. The summed E-state index contributed by atoms with van der Waals surface area (Å²) in [5, 5.41) is 7.78. The highest BCUT2D eigenvalue weighted by Crippen LogP contribution is 2.64. The zero-order valence-corrected chi connectivity index (χ0v) is 18.4. The lowest BCUT2D eigenvalue weighted by molar-refractivity contribution is -0.150. The van der Waals surface area contributed by atoms with Gasteiger partial charge in [-0.25, -0.2) is 9.67 Å². The molecule has 1 amide bonds. The third-order valence-corrected chi connectivity index (χ3v) is 7.73. The van der Waals surface area contributed by atoms with Crippen LogP contribution in [-0.4, -0.2) is 27.8 Å². The first-order valence-corrected chi connectivity index (χ1v) is 11.1. The maximum Gasteiger partial charge on any atom is 0.230 e. The number of carbonyl (C=O) groups excluding carboxylic acids is 1. The van der Waals surface area contributed by atoms with Crippen LogP contribution >= 0.6 is 0 Å². The van der Waals surface area contributed by atoms with Gasteiger partial charge in [-0.05, 0) is 73.5 Å². The molecule has 30 heavy (non-hydrogen) atoms. The van der Waals surface area contributed by atoms with E-state index < -0.39 is 0 Å². The van der Waals surface area contributed by atoms with E-state index in [2.05, 4.69) is 48.3 Å². The molecule has 2 aromatic rings. The van der Waals surface area contributed by atoms with Crippen LogP contribution in [0.1, 0.15) is 64.9 Å². The molecule has 0 radical (unpaired) electrons. The number of aromatic nitrogens is 3. The fourth-order valence-corrected chi connectivity index (χ4v) is 6.73. The van der Waals surface area contributed by atoms with Crippen LogP contribution in [-0.2, 0) is 15.7 Å². The largest absolute Gasteiger partial charge is 0.495 e. The van der Waals surface area contributed by atoms with Crippen molar-refractivity contribution in [2.45, 2.75) is 70.3 Å². The number of methoxy groups -OCH3 is 1. The Kier molecular flexibility index (Phi) is 4.28. The number of nitrogens with one attached hydrogen (secondary N) is 1. The quantitative estimate of drug-likeness (QED) is 0.808. The molecule has 1 N–H and O–H groups in total. The van der Waals surface area contributed by atoms with E-state index in [1.807, 2.05) is 17.1 Å². The van der Waals surface area contributed by atoms with Crippen molar-refractivity contribution >= 4 is 11.6 Å². The number of amides is 1. The highest BCUT2D eigenvalue weighted by atomic mass is 16.5. The SMILES string of the molecule is COc1ccc(C(C)(C)C)cc1NC(=O)C12C[C@H]3C[C@@H](C1)CC(n1cncn1)(C3)C2. The van der Waals surface area contributed by atoms with Crippen molar-refractivity contribution in [1.82, 2.24) is 14.8 Å². The molecule has 4 atom stereocenters. The van der Waals surface area contributed by atoms with Crippen LogP contribution in [0.2, 0.25) is 0 Å². The first kappa shape index (κ1) is 19.6. The van der Waals surface area contributed by atoms with Gasteiger partial charge in [0.25, 0.3) is 0 Å². The van der Waals surface area contributed by atoms with Crippen molar-refractivity contribution in [1.29, 1.82) is 0 Å². The molecule has 0 spiro atoms. The number of carbonyl (C=O) groups is 1. The highest BCUT2D eigenvalue weighted by Gasteiger charge is 2.61. The van der Waals surface area contributed by atoms with E-state index >= 15 is 0 Å². The van der Waals surface area contributed by atoms with Crippen LogP contribution in [0.5, 0.6) is 5.75 Å². The Hall–Kier alpha value is -2.37. The molecule has 2 unspecified atom stereocenters. The fourth-order valence-electron chi connectivity index (χ4n) is 6.73. The van der Waals surface area contributed by atoms with Crippen LogP contribution in [0, 0.1) is 17.3 Å². The van der Waals surface area contributed by atoms with Crippen molar-refractivity contribution in [3.8, 4) is 5.75 Å². The van der Waals surface area contributed by atoms with Gasteiger partial charge in [-0.15, -0.1) is 0 Å². The summed E-state index contributed by atoms with van der Waals surface area (Å²) in [5.74, 6) is 2.03. The molecule has 0 saturated heterocycles. The average molecular weight is 409 g/mol. The molecule has 0 aliphatic heterocycles. The van der Waals surface area contributed by atoms with Crippen molar-refractivity contribution in [3.05, 3.63) is 36.4 Å². The summed E-state index contributed by atoms with van der Waals surface area (Å²) < 4.78 is 7.62. The Balaban J connectivity index is 1.47. The van der Waals surface area contributed by atoms with E-state index in [-0.39, 0.29) is 22.3 Å². The minimum Gasteiger partial charge on any atom is -0.495 e. The smallest absolute Gasteiger partial charge is 0.230 e. The maximum atomic E-state index is 13.8. The van der Waals surface area contributed by atoms with E-state index in [0.29, 0.717) is 17.6 Å². The first-order valence-electron chi connectivity index (χ1n) is 11.1. The Labute approximate surface area is 178 Å². The Morgan fingerprint density at radius 2 is 1.93 bits per heavy atom. The summed E-state index contributed by atoms with van der Waals surface area (Å²) in [5.41, 5.74) is 1.57. The van der Waals surface area contributed by atoms with Crippen LogP contribution < -0.4 is 10.1 Å². The standard InChI is InChI=1S/C24H32N4O2/c1-22(2,3)18-5-6-20(30-4)19(8-18)27-21(29)23-9-16-7-17(10-23)12-24(11-16,13-23)28-15-25-14-26-28/h5-6,8,14-17H,7,9-13H2,1-4H3,(H,27,29)/t16-,17+,23?,24?. The third-order valence-electron chi connectivity index (χ3n) is 7.73. The molecule has 4 fully saturated rings. The third kappa shape index (κ3) is 3.03. The Bertz CT molecular complexity index is 946. The van der Waals surface area contributed by atoms with Crippen molar-refractivity contribution in [3.63, 3.8) is 0 Å². The van der Waals surface area contributed by atoms with Gasteiger partial charge in [0, 0.05) is 0 Å². The topological polar surface area (TPSA) is 69.0 Å². The number of ether oxygens (including phenoxy) is 1. The molecular formula is C24H32N4O2. The molecule has 4 saturated carbocycles. The summed E-state index contributed by atoms with van der Waals surface area (Å²) >= 11 is 0. The maximum absolute atomic E-state index is 13.8. The monoisotopic (exact) mass is 408 g/mol. The van der Waals surface area contributed by atoms with Crippen molar-refractivity contribution < 1.29 is 9.53 Å². The normalized spacial score (nSPS) is 32.3. The van der Waals surface area contributed by atoms with Gasteiger partial charge >= 0.3 is 0 Å². The lowest BCUT2D eigenvalue weighted by Crippen LogP contribution is -2.60. The van der Waals surface area contributed by atoms with Crippen LogP contribution in [0.4, 0.5) is 5.69 Å². The van der Waals surface area contributed by atoms with Crippen LogP contribution in [0.15, 0.2) is 30.9 Å². The Morgan fingerprint density at radius 1 is 1.20 bits per heavy atom. The summed E-state index contributed by atoms with van der Waals surface area (Å²) in [4.78, 5) is 18.0. The summed E-state index contributed by atoms with van der Waals surface area (Å²) in [6, 6.07) is 6.12. The number of rotatable bonds is 4. The molecule has 160 valence electrons.